The van der Waals surface area contributed by atoms with Crippen molar-refractivity contribution in [2.75, 3.05) is 0 Å². The zero-order valence-corrected chi connectivity index (χ0v) is 11.5. The molecule has 1 heterocycles. The minimum Gasteiger partial charge on any atom is -0.477 e. The molecular weight excluding hydrogens is 357 g/mol. The fraction of sp³-hybridized carbons (Fsp3) is 0. The van der Waals surface area contributed by atoms with Crippen LogP contribution >= 0.6 is 31.9 Å². The van der Waals surface area contributed by atoms with Gasteiger partial charge in [-0.2, -0.15) is 0 Å². The summed E-state index contributed by atoms with van der Waals surface area (Å²) in [6.45, 7) is 0. The Morgan fingerprint density at radius 2 is 1.94 bits per heavy atom. The molecule has 17 heavy (non-hydrogen) atoms. The lowest BCUT2D eigenvalue weighted by molar-refractivity contribution is 0.0688. The molecule has 1 aromatic carbocycles. The molecule has 2 aromatic rings. The summed E-state index contributed by atoms with van der Waals surface area (Å²) in [6.07, 6.45) is 1.51. The third-order valence-electron chi connectivity index (χ3n) is 2.17. The van der Waals surface area contributed by atoms with Crippen molar-refractivity contribution in [1.29, 1.82) is 0 Å². The molecule has 1 N–H and O–H groups in total. The fourth-order valence-electron chi connectivity index (χ4n) is 1.47. The van der Waals surface area contributed by atoms with Crippen LogP contribution in [0.1, 0.15) is 10.5 Å². The predicted molar refractivity (Wildman–Crippen MR) is 68.1 cm³/mol. The molecule has 0 amide bonds. The van der Waals surface area contributed by atoms with Gasteiger partial charge in [0.1, 0.15) is 11.5 Å². The van der Waals surface area contributed by atoms with Crippen molar-refractivity contribution in [3.05, 3.63) is 50.9 Å². The van der Waals surface area contributed by atoms with E-state index in [0.717, 1.165) is 0 Å². The molecule has 2 rings (SSSR count). The number of aromatic nitrogens is 1. The Bertz CT molecular complexity index is 595. The maximum Gasteiger partial charge on any atom is 0.352 e. The predicted octanol–water partition coefficient (Wildman–Crippen LogP) is 3.84. The Hall–Kier alpha value is -1.14. The van der Waals surface area contributed by atoms with E-state index in [-0.39, 0.29) is 11.4 Å². The van der Waals surface area contributed by atoms with Gasteiger partial charge in [0.05, 0.1) is 5.69 Å². The maximum absolute atomic E-state index is 13.7. The van der Waals surface area contributed by atoms with Crippen LogP contribution in [0.3, 0.4) is 0 Å². The number of carbonyl (C=O) groups is 1. The number of rotatable bonds is 2. The van der Waals surface area contributed by atoms with Gasteiger partial charge in [-0.3, -0.25) is 0 Å². The molecule has 0 saturated carbocycles. The molecule has 0 aliphatic rings. The van der Waals surface area contributed by atoms with Gasteiger partial charge in [0.25, 0.3) is 0 Å². The van der Waals surface area contributed by atoms with Gasteiger partial charge in [-0.1, -0.05) is 15.9 Å². The van der Waals surface area contributed by atoms with E-state index < -0.39 is 11.8 Å². The van der Waals surface area contributed by atoms with Crippen molar-refractivity contribution < 1.29 is 14.3 Å². The summed E-state index contributed by atoms with van der Waals surface area (Å²) in [4.78, 5) is 11.0. The molecule has 0 aliphatic heterocycles. The second kappa shape index (κ2) is 4.62. The fourth-order valence-corrected chi connectivity index (χ4v) is 2.23. The molecule has 3 nitrogen and oxygen atoms in total. The summed E-state index contributed by atoms with van der Waals surface area (Å²) in [6, 6.07) is 5.87. The van der Waals surface area contributed by atoms with E-state index in [1.54, 1.807) is 6.07 Å². The third-order valence-corrected chi connectivity index (χ3v) is 3.10. The molecule has 0 atom stereocenters. The normalized spacial score (nSPS) is 10.5. The standard InChI is InChI=1S/C11H6Br2FNO2/c12-6-1-2-9(8(14)3-6)15-5-7(13)4-10(15)11(16)17/h1-5H,(H,16,17). The van der Waals surface area contributed by atoms with Gasteiger partial charge in [0.15, 0.2) is 0 Å². The summed E-state index contributed by atoms with van der Waals surface area (Å²) in [7, 11) is 0. The second-order valence-electron chi connectivity index (χ2n) is 3.31. The van der Waals surface area contributed by atoms with E-state index >= 15 is 0 Å². The van der Waals surface area contributed by atoms with Crippen molar-refractivity contribution in [3.8, 4) is 5.69 Å². The Morgan fingerprint density at radius 1 is 1.24 bits per heavy atom. The van der Waals surface area contributed by atoms with Gasteiger partial charge in [-0.15, -0.1) is 0 Å². The number of hydrogen-bond donors (Lipinski definition) is 1. The molecular formula is C11H6Br2FNO2. The summed E-state index contributed by atoms with van der Waals surface area (Å²) in [5.41, 5.74) is 0.189. The molecule has 0 fully saturated rings. The van der Waals surface area contributed by atoms with Crippen LogP contribution in [0.15, 0.2) is 39.4 Å². The van der Waals surface area contributed by atoms with Crippen molar-refractivity contribution >= 4 is 37.8 Å². The number of halogens is 3. The first-order valence-corrected chi connectivity index (χ1v) is 6.14. The first-order valence-electron chi connectivity index (χ1n) is 4.55. The van der Waals surface area contributed by atoms with Crippen LogP contribution < -0.4 is 0 Å². The Labute approximate surface area is 113 Å². The largest absolute Gasteiger partial charge is 0.477 e. The lowest BCUT2D eigenvalue weighted by Gasteiger charge is -2.07. The molecule has 6 heteroatoms. The van der Waals surface area contributed by atoms with Gasteiger partial charge < -0.3 is 9.67 Å². The quantitative estimate of drug-likeness (QED) is 0.881. The van der Waals surface area contributed by atoms with Crippen molar-refractivity contribution in [2.45, 2.75) is 0 Å². The minimum atomic E-state index is -1.11. The number of carboxylic acid groups (broad SMARTS) is 1. The lowest BCUT2D eigenvalue weighted by atomic mass is 10.3. The molecule has 0 bridgehead atoms. The molecule has 0 spiro atoms. The van der Waals surface area contributed by atoms with Crippen LogP contribution in [-0.4, -0.2) is 15.6 Å². The zero-order valence-electron chi connectivity index (χ0n) is 8.32. The van der Waals surface area contributed by atoms with Gasteiger partial charge in [-0.05, 0) is 40.2 Å². The van der Waals surface area contributed by atoms with E-state index in [1.807, 2.05) is 0 Å². The van der Waals surface area contributed by atoms with Crippen molar-refractivity contribution in [1.82, 2.24) is 4.57 Å². The van der Waals surface area contributed by atoms with Crippen LogP contribution in [0.2, 0.25) is 0 Å². The van der Waals surface area contributed by atoms with Crippen molar-refractivity contribution in [3.63, 3.8) is 0 Å². The van der Waals surface area contributed by atoms with Crippen LogP contribution in [0, 0.1) is 5.82 Å². The average molecular weight is 363 g/mol. The van der Waals surface area contributed by atoms with E-state index in [9.17, 15) is 9.18 Å². The van der Waals surface area contributed by atoms with Gasteiger partial charge in [-0.25, -0.2) is 9.18 Å². The Kier molecular flexibility index (Phi) is 3.35. The van der Waals surface area contributed by atoms with Crippen molar-refractivity contribution in [2.24, 2.45) is 0 Å². The SMILES string of the molecule is O=C(O)c1cc(Br)cn1-c1ccc(Br)cc1F. The second-order valence-corrected chi connectivity index (χ2v) is 5.15. The number of carboxylic acids is 1. The van der Waals surface area contributed by atoms with E-state index in [1.165, 1.54) is 29.0 Å². The molecule has 0 aliphatic carbocycles. The smallest absolute Gasteiger partial charge is 0.352 e. The molecule has 0 unspecified atom stereocenters. The molecule has 88 valence electrons. The maximum atomic E-state index is 13.7. The van der Waals surface area contributed by atoms with Crippen LogP contribution in [0.25, 0.3) is 5.69 Å². The monoisotopic (exact) mass is 361 g/mol. The third kappa shape index (κ3) is 2.42. The van der Waals surface area contributed by atoms with Gasteiger partial charge in [0, 0.05) is 15.1 Å². The highest BCUT2D eigenvalue weighted by Gasteiger charge is 2.15. The zero-order chi connectivity index (χ0) is 12.6. The average Bonchev–Trinajstić information content (AvgIpc) is 2.60. The highest BCUT2D eigenvalue weighted by Crippen LogP contribution is 2.24. The van der Waals surface area contributed by atoms with Gasteiger partial charge >= 0.3 is 5.97 Å². The summed E-state index contributed by atoms with van der Waals surface area (Å²) >= 11 is 6.32. The number of aromatic carboxylic acids is 1. The molecule has 1 aromatic heterocycles. The first kappa shape index (κ1) is 12.3. The highest BCUT2D eigenvalue weighted by molar-refractivity contribution is 9.10. The highest BCUT2D eigenvalue weighted by atomic mass is 79.9. The molecule has 0 radical (unpaired) electrons. The van der Waals surface area contributed by atoms with Crippen LogP contribution in [0.5, 0.6) is 0 Å². The van der Waals surface area contributed by atoms with Gasteiger partial charge in [0.2, 0.25) is 0 Å². The van der Waals surface area contributed by atoms with E-state index in [4.69, 9.17) is 5.11 Å². The minimum absolute atomic E-state index is 0.00176. The summed E-state index contributed by atoms with van der Waals surface area (Å²) in [5.74, 6) is -1.61. The Balaban J connectivity index is 2.63. The number of benzene rings is 1. The molecule has 0 saturated heterocycles. The number of hydrogen-bond acceptors (Lipinski definition) is 1. The van der Waals surface area contributed by atoms with Crippen LogP contribution in [0.4, 0.5) is 4.39 Å². The number of nitrogens with zero attached hydrogens (tertiary/aromatic N) is 1. The first-order chi connectivity index (χ1) is 7.99. The lowest BCUT2D eigenvalue weighted by Crippen LogP contribution is -2.07. The Morgan fingerprint density at radius 3 is 2.53 bits per heavy atom. The topological polar surface area (TPSA) is 42.2 Å². The summed E-state index contributed by atoms with van der Waals surface area (Å²) < 4.78 is 16.2. The van der Waals surface area contributed by atoms with E-state index in [0.29, 0.717) is 8.95 Å². The van der Waals surface area contributed by atoms with E-state index in [2.05, 4.69) is 31.9 Å². The van der Waals surface area contributed by atoms with Crippen LogP contribution in [-0.2, 0) is 0 Å². The summed E-state index contributed by atoms with van der Waals surface area (Å²) in [5, 5.41) is 9.01.